The minimum atomic E-state index is -0.378. The number of carbonyl (C=O) groups is 2. The lowest BCUT2D eigenvalue weighted by Crippen LogP contribution is -2.43. The van der Waals surface area contributed by atoms with Crippen LogP contribution in [0.5, 0.6) is 0 Å². The Morgan fingerprint density at radius 3 is 1.56 bits per heavy atom. The summed E-state index contributed by atoms with van der Waals surface area (Å²) in [6.45, 7) is 0. The molecule has 27 heavy (non-hydrogen) atoms. The smallest absolute Gasteiger partial charge is 0.257 e. The van der Waals surface area contributed by atoms with Gasteiger partial charge in [-0.15, -0.1) is 0 Å². The fraction of sp³-hybridized carbons (Fsp3) is 0. The van der Waals surface area contributed by atoms with Crippen LogP contribution in [0.25, 0.3) is 0 Å². The van der Waals surface area contributed by atoms with Gasteiger partial charge in [0.1, 0.15) is 0 Å². The fourth-order valence-corrected chi connectivity index (χ4v) is 2.40. The van der Waals surface area contributed by atoms with Crippen molar-refractivity contribution in [1.29, 1.82) is 0 Å². The van der Waals surface area contributed by atoms with E-state index in [-0.39, 0.29) is 17.8 Å². The number of nitrogens with one attached hydrogen (secondary N) is 2. The summed E-state index contributed by atoms with van der Waals surface area (Å²) in [7, 11) is 0. The summed E-state index contributed by atoms with van der Waals surface area (Å²) in [5, 5.41) is 5.85. The number of guanidine groups is 1. The number of rotatable bonds is 3. The van der Waals surface area contributed by atoms with Gasteiger partial charge in [-0.05, 0) is 48.5 Å². The van der Waals surface area contributed by atoms with Crippen LogP contribution in [0.3, 0.4) is 0 Å². The third kappa shape index (κ3) is 5.26. The lowest BCUT2D eigenvalue weighted by atomic mass is 10.2. The lowest BCUT2D eigenvalue weighted by Gasteiger charge is -2.11. The molecule has 3 aromatic carbocycles. The number of aliphatic imine (C=N–C) groups is 1. The number of hydrogen-bond acceptors (Lipinski definition) is 3. The van der Waals surface area contributed by atoms with Crippen LogP contribution in [0.15, 0.2) is 89.9 Å². The van der Waals surface area contributed by atoms with Crippen molar-refractivity contribution in [3.8, 4) is 0 Å². The first kappa shape index (κ1) is 18.4. The summed E-state index contributed by atoms with van der Waals surface area (Å²) >= 11 is 5.89. The fourth-order valence-electron chi connectivity index (χ4n) is 2.27. The highest BCUT2D eigenvalue weighted by Crippen LogP contribution is 2.16. The number of amides is 2. The monoisotopic (exact) mass is 377 g/mol. The normalized spacial score (nSPS) is 9.96. The van der Waals surface area contributed by atoms with Gasteiger partial charge >= 0.3 is 0 Å². The molecule has 0 aromatic heterocycles. The van der Waals surface area contributed by atoms with Crippen molar-refractivity contribution in [1.82, 2.24) is 10.6 Å². The zero-order valence-electron chi connectivity index (χ0n) is 14.2. The number of hydrogen-bond donors (Lipinski definition) is 2. The van der Waals surface area contributed by atoms with Crippen molar-refractivity contribution in [2.24, 2.45) is 4.99 Å². The van der Waals surface area contributed by atoms with E-state index < -0.39 is 0 Å². The molecule has 0 saturated heterocycles. The molecule has 3 rings (SSSR count). The predicted molar refractivity (Wildman–Crippen MR) is 106 cm³/mol. The molecule has 6 heteroatoms. The van der Waals surface area contributed by atoms with Gasteiger partial charge in [-0.1, -0.05) is 48.0 Å². The Labute approximate surface area is 161 Å². The van der Waals surface area contributed by atoms with Crippen molar-refractivity contribution in [3.05, 3.63) is 101 Å². The zero-order chi connectivity index (χ0) is 19.1. The third-order valence-corrected chi connectivity index (χ3v) is 3.86. The first-order valence-electron chi connectivity index (χ1n) is 8.19. The SMILES string of the molecule is O=C(NC(=Nc1ccc(Cl)cc1)NC(=O)c1ccccc1)c1ccccc1. The summed E-state index contributed by atoms with van der Waals surface area (Å²) in [5.41, 5.74) is 1.45. The molecule has 5 nitrogen and oxygen atoms in total. The van der Waals surface area contributed by atoms with Crippen molar-refractivity contribution >= 4 is 35.1 Å². The van der Waals surface area contributed by atoms with E-state index in [9.17, 15) is 9.59 Å². The lowest BCUT2D eigenvalue weighted by molar-refractivity contribution is 0.0966. The van der Waals surface area contributed by atoms with E-state index in [1.54, 1.807) is 72.8 Å². The first-order chi connectivity index (χ1) is 13.1. The van der Waals surface area contributed by atoms with Gasteiger partial charge in [0.2, 0.25) is 5.96 Å². The largest absolute Gasteiger partial charge is 0.292 e. The molecule has 134 valence electrons. The van der Waals surface area contributed by atoms with E-state index in [4.69, 9.17) is 11.6 Å². The Morgan fingerprint density at radius 2 is 1.11 bits per heavy atom. The Morgan fingerprint density at radius 1 is 0.667 bits per heavy atom. The molecule has 0 bridgehead atoms. The number of halogens is 1. The molecular formula is C21H16ClN3O2. The maximum atomic E-state index is 12.5. The maximum Gasteiger partial charge on any atom is 0.257 e. The molecule has 0 aliphatic carbocycles. The Bertz CT molecular complexity index is 900. The quantitative estimate of drug-likeness (QED) is 0.530. The van der Waals surface area contributed by atoms with Gasteiger partial charge in [-0.2, -0.15) is 0 Å². The minimum absolute atomic E-state index is 0.0278. The van der Waals surface area contributed by atoms with Crippen molar-refractivity contribution in [2.75, 3.05) is 0 Å². The second-order valence-corrected chi connectivity index (χ2v) is 6.01. The highest BCUT2D eigenvalue weighted by molar-refractivity contribution is 6.30. The Balaban J connectivity index is 1.85. The van der Waals surface area contributed by atoms with Crippen LogP contribution in [0, 0.1) is 0 Å². The van der Waals surface area contributed by atoms with Crippen LogP contribution in [0.1, 0.15) is 20.7 Å². The van der Waals surface area contributed by atoms with Crippen LogP contribution in [-0.4, -0.2) is 17.8 Å². The standard InChI is InChI=1S/C21H16ClN3O2/c22-17-11-13-18(14-12-17)23-21(24-19(26)15-7-3-1-4-8-15)25-20(27)16-9-5-2-6-10-16/h1-14H,(H2,23,24,25,26,27). The average Bonchev–Trinajstić information content (AvgIpc) is 2.71. The summed E-state index contributed by atoms with van der Waals surface area (Å²) in [6, 6.07) is 24.1. The van der Waals surface area contributed by atoms with E-state index in [1.165, 1.54) is 0 Å². The number of carbonyl (C=O) groups excluding carboxylic acids is 2. The van der Waals surface area contributed by atoms with Crippen LogP contribution < -0.4 is 10.6 Å². The van der Waals surface area contributed by atoms with Crippen LogP contribution >= 0.6 is 11.6 Å². The van der Waals surface area contributed by atoms with Gasteiger partial charge in [-0.25, -0.2) is 4.99 Å². The van der Waals surface area contributed by atoms with Gasteiger partial charge in [0.15, 0.2) is 0 Å². The number of benzene rings is 3. The molecule has 0 unspecified atom stereocenters. The summed E-state index contributed by atoms with van der Waals surface area (Å²) in [4.78, 5) is 29.2. The summed E-state index contributed by atoms with van der Waals surface area (Å²) in [5.74, 6) is -0.728. The molecule has 0 atom stereocenters. The predicted octanol–water partition coefficient (Wildman–Crippen LogP) is 4.19. The molecule has 0 aliphatic heterocycles. The van der Waals surface area contributed by atoms with Gasteiger partial charge in [-0.3, -0.25) is 20.2 Å². The topological polar surface area (TPSA) is 70.6 Å². The second kappa shape index (κ2) is 8.78. The van der Waals surface area contributed by atoms with E-state index >= 15 is 0 Å². The van der Waals surface area contributed by atoms with Crippen molar-refractivity contribution in [2.45, 2.75) is 0 Å². The highest BCUT2D eigenvalue weighted by Gasteiger charge is 2.13. The maximum absolute atomic E-state index is 12.5. The Kier molecular flexibility index (Phi) is 5.97. The average molecular weight is 378 g/mol. The Hall–Kier alpha value is -3.44. The van der Waals surface area contributed by atoms with Crippen molar-refractivity contribution in [3.63, 3.8) is 0 Å². The van der Waals surface area contributed by atoms with Crippen molar-refractivity contribution < 1.29 is 9.59 Å². The molecule has 3 aromatic rings. The van der Waals surface area contributed by atoms with Crippen LogP contribution in [-0.2, 0) is 0 Å². The van der Waals surface area contributed by atoms with E-state index in [0.29, 0.717) is 21.8 Å². The third-order valence-electron chi connectivity index (χ3n) is 3.60. The van der Waals surface area contributed by atoms with Gasteiger partial charge < -0.3 is 0 Å². The van der Waals surface area contributed by atoms with E-state index in [2.05, 4.69) is 15.6 Å². The van der Waals surface area contributed by atoms with E-state index in [1.807, 2.05) is 12.1 Å². The van der Waals surface area contributed by atoms with Gasteiger partial charge in [0, 0.05) is 16.1 Å². The highest BCUT2D eigenvalue weighted by atomic mass is 35.5. The molecule has 0 fully saturated rings. The number of nitrogens with zero attached hydrogens (tertiary/aromatic N) is 1. The van der Waals surface area contributed by atoms with Crippen LogP contribution in [0.2, 0.25) is 5.02 Å². The molecule has 0 heterocycles. The molecule has 0 aliphatic rings. The van der Waals surface area contributed by atoms with Gasteiger partial charge in [0.05, 0.1) is 5.69 Å². The van der Waals surface area contributed by atoms with Crippen LogP contribution in [0.4, 0.5) is 5.69 Å². The molecular weight excluding hydrogens is 362 g/mol. The summed E-state index contributed by atoms with van der Waals surface area (Å²) < 4.78 is 0. The summed E-state index contributed by atoms with van der Waals surface area (Å²) in [6.07, 6.45) is 0. The molecule has 0 spiro atoms. The molecule has 2 N–H and O–H groups in total. The minimum Gasteiger partial charge on any atom is -0.292 e. The second-order valence-electron chi connectivity index (χ2n) is 5.58. The molecule has 0 saturated carbocycles. The van der Waals surface area contributed by atoms with E-state index in [0.717, 1.165) is 0 Å². The molecule has 2 amide bonds. The van der Waals surface area contributed by atoms with Gasteiger partial charge in [0.25, 0.3) is 11.8 Å². The zero-order valence-corrected chi connectivity index (χ0v) is 15.0. The first-order valence-corrected chi connectivity index (χ1v) is 8.57. The molecule has 0 radical (unpaired) electrons.